The molecule has 0 amide bonds. The molecule has 3 fully saturated rings. The Hall–Kier alpha value is -1.78. The number of hydrogen-bond donors (Lipinski definition) is 1. The van der Waals surface area contributed by atoms with Gasteiger partial charge in [0, 0.05) is 68.7 Å². The zero-order chi connectivity index (χ0) is 23.0. The molecule has 5 rings (SSSR count). The van der Waals surface area contributed by atoms with E-state index in [1.807, 2.05) is 18.2 Å². The van der Waals surface area contributed by atoms with E-state index in [9.17, 15) is 0 Å². The molecule has 0 aliphatic carbocycles. The van der Waals surface area contributed by atoms with Gasteiger partial charge < -0.3 is 24.4 Å². The van der Waals surface area contributed by atoms with Crippen LogP contribution >= 0.6 is 15.9 Å². The Balaban J connectivity index is 1.41. The molecule has 1 N–H and O–H groups in total. The number of halogens is 1. The van der Waals surface area contributed by atoms with Crippen molar-refractivity contribution < 1.29 is 14.2 Å². The molecule has 33 heavy (non-hydrogen) atoms. The second kappa shape index (κ2) is 9.46. The van der Waals surface area contributed by atoms with Crippen molar-refractivity contribution in [3.8, 4) is 0 Å². The van der Waals surface area contributed by atoms with Gasteiger partial charge in [-0.3, -0.25) is 4.90 Å². The maximum atomic E-state index is 6.33. The van der Waals surface area contributed by atoms with Gasteiger partial charge >= 0.3 is 0 Å². The number of ether oxygens (including phenoxy) is 3. The lowest BCUT2D eigenvalue weighted by atomic mass is 9.86. The zero-order valence-electron chi connectivity index (χ0n) is 19.3. The molecule has 4 heterocycles. The van der Waals surface area contributed by atoms with Gasteiger partial charge in [-0.1, -0.05) is 22.0 Å². The number of anilines is 2. The van der Waals surface area contributed by atoms with E-state index in [0.29, 0.717) is 25.9 Å². The van der Waals surface area contributed by atoms with Gasteiger partial charge in [-0.2, -0.15) is 4.98 Å². The van der Waals surface area contributed by atoms with Crippen molar-refractivity contribution in [3.63, 3.8) is 0 Å². The highest BCUT2D eigenvalue weighted by Crippen LogP contribution is 2.39. The van der Waals surface area contributed by atoms with Crippen molar-refractivity contribution in [2.75, 3.05) is 63.8 Å². The second-order valence-corrected chi connectivity index (χ2v) is 10.1. The van der Waals surface area contributed by atoms with Gasteiger partial charge in [0.05, 0.1) is 18.2 Å². The van der Waals surface area contributed by atoms with Gasteiger partial charge in [-0.05, 0) is 25.2 Å². The number of likely N-dealkylation sites (N-methyl/N-ethyl adjacent to an activating group) is 1. The quantitative estimate of drug-likeness (QED) is 0.561. The van der Waals surface area contributed by atoms with Gasteiger partial charge in [0.1, 0.15) is 17.5 Å². The summed E-state index contributed by atoms with van der Waals surface area (Å²) in [5.41, 5.74) is 0.624. The lowest BCUT2D eigenvalue weighted by molar-refractivity contribution is -0.128. The van der Waals surface area contributed by atoms with Crippen molar-refractivity contribution in [2.24, 2.45) is 0 Å². The van der Waals surface area contributed by atoms with Crippen molar-refractivity contribution in [2.45, 2.75) is 36.6 Å². The fourth-order valence-corrected chi connectivity index (χ4v) is 5.56. The van der Waals surface area contributed by atoms with Crippen LogP contribution in [0.15, 0.2) is 35.3 Å². The molecule has 0 radical (unpaired) electrons. The first kappa shape index (κ1) is 23.0. The Bertz CT molecular complexity index is 1010. The molecule has 2 atom stereocenters. The highest BCUT2D eigenvalue weighted by molar-refractivity contribution is 9.10. The Morgan fingerprint density at radius 3 is 2.85 bits per heavy atom. The number of benzene rings is 1. The van der Waals surface area contributed by atoms with Gasteiger partial charge in [0.15, 0.2) is 0 Å². The van der Waals surface area contributed by atoms with Crippen LogP contribution in [0.3, 0.4) is 0 Å². The van der Waals surface area contributed by atoms with Gasteiger partial charge in [0.2, 0.25) is 5.95 Å². The molecule has 0 unspecified atom stereocenters. The average molecular weight is 518 g/mol. The van der Waals surface area contributed by atoms with Crippen LogP contribution < -0.4 is 10.2 Å². The number of fused-ring (bicyclic) bond motifs is 1. The molecular formula is C24H32BrN5O3. The summed E-state index contributed by atoms with van der Waals surface area (Å²) >= 11 is 3.60. The summed E-state index contributed by atoms with van der Waals surface area (Å²) in [6.45, 7) is 8.52. The molecule has 0 saturated carbocycles. The maximum Gasteiger partial charge on any atom is 0.228 e. The Morgan fingerprint density at radius 2 is 2.12 bits per heavy atom. The van der Waals surface area contributed by atoms with E-state index in [1.165, 1.54) is 0 Å². The fraction of sp³-hybridized carbons (Fsp3) is 0.583. The predicted molar refractivity (Wildman–Crippen MR) is 133 cm³/mol. The predicted octanol–water partition coefficient (Wildman–Crippen LogP) is 3.07. The summed E-state index contributed by atoms with van der Waals surface area (Å²) in [7, 11) is 3.90. The van der Waals surface area contributed by atoms with Crippen molar-refractivity contribution in [3.05, 3.63) is 35.3 Å². The number of methoxy groups -OCH3 is 1. The minimum Gasteiger partial charge on any atom is -0.381 e. The van der Waals surface area contributed by atoms with E-state index in [-0.39, 0.29) is 17.7 Å². The number of aromatic nitrogens is 2. The molecule has 3 saturated heterocycles. The molecule has 178 valence electrons. The van der Waals surface area contributed by atoms with E-state index in [0.717, 1.165) is 59.6 Å². The summed E-state index contributed by atoms with van der Waals surface area (Å²) in [4.78, 5) is 14.4. The molecule has 2 aromatic rings. The smallest absolute Gasteiger partial charge is 0.228 e. The molecule has 8 nitrogen and oxygen atoms in total. The molecule has 0 bridgehead atoms. The van der Waals surface area contributed by atoms with Crippen LogP contribution in [0, 0.1) is 0 Å². The van der Waals surface area contributed by atoms with Crippen molar-refractivity contribution in [1.82, 2.24) is 14.9 Å². The SMILES string of the molecule is C=CCN(C)C1CN(c2nc(N[C@H]3COC4(CCOCC4)[C@@H]3OC)c3cc(Br)ccc3n2)C1. The topological polar surface area (TPSA) is 72.0 Å². The molecule has 1 aromatic heterocycles. The van der Waals surface area contributed by atoms with Gasteiger partial charge in [-0.25, -0.2) is 4.98 Å². The molecular weight excluding hydrogens is 486 g/mol. The Kier molecular flexibility index (Phi) is 6.59. The molecule has 3 aliphatic rings. The third-order valence-electron chi connectivity index (χ3n) is 7.18. The minimum atomic E-state index is -0.294. The summed E-state index contributed by atoms with van der Waals surface area (Å²) < 4.78 is 18.9. The number of nitrogens with one attached hydrogen (secondary N) is 1. The highest BCUT2D eigenvalue weighted by Gasteiger charge is 2.51. The standard InChI is InChI=1S/C24H32BrN5O3/c1-4-9-29(2)17-13-30(14-17)23-27-19-6-5-16(25)12-18(19)22(28-23)26-20-15-33-24(21(20)31-3)7-10-32-11-8-24/h4-6,12,17,20-21H,1,7-11,13-15H2,2-3H3,(H,26,27,28)/t20-,21+/m0/s1. The Labute approximate surface area is 203 Å². The number of nitrogens with zero attached hydrogens (tertiary/aromatic N) is 4. The third kappa shape index (κ3) is 4.37. The molecule has 9 heteroatoms. The van der Waals surface area contributed by atoms with Gasteiger partial charge in [-0.15, -0.1) is 6.58 Å². The second-order valence-electron chi connectivity index (χ2n) is 9.22. The van der Waals surface area contributed by atoms with E-state index in [1.54, 1.807) is 7.11 Å². The van der Waals surface area contributed by atoms with Crippen LogP contribution in [0.1, 0.15) is 12.8 Å². The van der Waals surface area contributed by atoms with Crippen molar-refractivity contribution >= 4 is 38.6 Å². The first-order valence-electron chi connectivity index (χ1n) is 11.6. The van der Waals surface area contributed by atoms with Crippen LogP contribution in [-0.2, 0) is 14.2 Å². The number of hydrogen-bond acceptors (Lipinski definition) is 8. The first-order valence-corrected chi connectivity index (χ1v) is 12.4. The normalized spacial score (nSPS) is 25.0. The third-order valence-corrected chi connectivity index (χ3v) is 7.67. The summed E-state index contributed by atoms with van der Waals surface area (Å²) in [5.74, 6) is 1.57. The van der Waals surface area contributed by atoms with E-state index >= 15 is 0 Å². The summed E-state index contributed by atoms with van der Waals surface area (Å²) in [5, 5.41) is 4.65. The van der Waals surface area contributed by atoms with Crippen LogP contribution in [-0.4, -0.2) is 92.3 Å². The van der Waals surface area contributed by atoms with E-state index in [4.69, 9.17) is 24.2 Å². The van der Waals surface area contributed by atoms with Crippen LogP contribution in [0.25, 0.3) is 10.9 Å². The fourth-order valence-electron chi connectivity index (χ4n) is 5.20. The largest absolute Gasteiger partial charge is 0.381 e. The van der Waals surface area contributed by atoms with E-state index < -0.39 is 0 Å². The zero-order valence-corrected chi connectivity index (χ0v) is 20.9. The van der Waals surface area contributed by atoms with Crippen molar-refractivity contribution in [1.29, 1.82) is 0 Å². The molecule has 1 spiro atoms. The number of rotatable bonds is 7. The molecule has 1 aromatic carbocycles. The summed E-state index contributed by atoms with van der Waals surface area (Å²) in [6.07, 6.45) is 3.57. The average Bonchev–Trinajstić information content (AvgIpc) is 3.10. The van der Waals surface area contributed by atoms with E-state index in [2.05, 4.69) is 50.7 Å². The first-order chi connectivity index (χ1) is 16.0. The highest BCUT2D eigenvalue weighted by atomic mass is 79.9. The maximum absolute atomic E-state index is 6.33. The minimum absolute atomic E-state index is 0.000829. The summed E-state index contributed by atoms with van der Waals surface area (Å²) in [6, 6.07) is 6.61. The van der Waals surface area contributed by atoms with Gasteiger partial charge in [0.25, 0.3) is 0 Å². The monoisotopic (exact) mass is 517 g/mol. The Morgan fingerprint density at radius 1 is 1.33 bits per heavy atom. The molecule has 3 aliphatic heterocycles. The van der Waals surface area contributed by atoms with Crippen LogP contribution in [0.2, 0.25) is 0 Å². The lowest BCUT2D eigenvalue weighted by Crippen LogP contribution is -2.59. The lowest BCUT2D eigenvalue weighted by Gasteiger charge is -2.44. The van der Waals surface area contributed by atoms with Crippen LogP contribution in [0.5, 0.6) is 0 Å². The van der Waals surface area contributed by atoms with Crippen LogP contribution in [0.4, 0.5) is 11.8 Å².